The summed E-state index contributed by atoms with van der Waals surface area (Å²) < 4.78 is 10.5. The summed E-state index contributed by atoms with van der Waals surface area (Å²) in [6.07, 6.45) is -0.635. The highest BCUT2D eigenvalue weighted by atomic mass is 16.5. The lowest BCUT2D eigenvalue weighted by atomic mass is 10.0. The lowest BCUT2D eigenvalue weighted by Crippen LogP contribution is -2.34. The first-order chi connectivity index (χ1) is 8.99. The first kappa shape index (κ1) is 15.8. The first-order valence-electron chi connectivity index (χ1n) is 6.63. The monoisotopic (exact) mass is 267 g/mol. The van der Waals surface area contributed by atoms with Crippen molar-refractivity contribution in [2.45, 2.75) is 32.9 Å². The van der Waals surface area contributed by atoms with Gasteiger partial charge < -0.3 is 19.9 Å². The van der Waals surface area contributed by atoms with E-state index >= 15 is 0 Å². The molecule has 2 atom stereocenters. The molecule has 0 bridgehead atoms. The molecule has 1 aromatic rings. The van der Waals surface area contributed by atoms with E-state index in [1.807, 2.05) is 25.1 Å². The zero-order valence-corrected chi connectivity index (χ0v) is 12.4. The predicted molar refractivity (Wildman–Crippen MR) is 76.8 cm³/mol. The second-order valence-corrected chi connectivity index (χ2v) is 5.14. The van der Waals surface area contributed by atoms with Crippen molar-refractivity contribution >= 4 is 0 Å². The Kier molecular flexibility index (Phi) is 6.12. The van der Waals surface area contributed by atoms with Gasteiger partial charge in [0.2, 0.25) is 0 Å². The Morgan fingerprint density at radius 1 is 1.16 bits per heavy atom. The molecule has 4 nitrogen and oxygen atoms in total. The van der Waals surface area contributed by atoms with Crippen LogP contribution in [0.25, 0.3) is 0 Å². The molecule has 2 unspecified atom stereocenters. The van der Waals surface area contributed by atoms with Crippen molar-refractivity contribution in [3.8, 4) is 11.5 Å². The summed E-state index contributed by atoms with van der Waals surface area (Å²) in [6, 6.07) is 5.40. The van der Waals surface area contributed by atoms with E-state index in [1.54, 1.807) is 14.2 Å². The van der Waals surface area contributed by atoms with Gasteiger partial charge in [-0.2, -0.15) is 0 Å². The van der Waals surface area contributed by atoms with Gasteiger partial charge in [-0.25, -0.2) is 0 Å². The first-order valence-corrected chi connectivity index (χ1v) is 6.63. The Balaban J connectivity index is 2.87. The SMILES string of the molecule is COc1ccc(OC)c(C(O)C(C)NCC(C)C)c1. The lowest BCUT2D eigenvalue weighted by Gasteiger charge is -2.23. The Morgan fingerprint density at radius 2 is 1.84 bits per heavy atom. The summed E-state index contributed by atoms with van der Waals surface area (Å²) >= 11 is 0. The van der Waals surface area contributed by atoms with Crippen LogP contribution in [0.3, 0.4) is 0 Å². The van der Waals surface area contributed by atoms with Gasteiger partial charge in [-0.1, -0.05) is 13.8 Å². The van der Waals surface area contributed by atoms with Crippen LogP contribution in [0.15, 0.2) is 18.2 Å². The van der Waals surface area contributed by atoms with Crippen LogP contribution in [0, 0.1) is 5.92 Å². The van der Waals surface area contributed by atoms with Gasteiger partial charge in [0.25, 0.3) is 0 Å². The van der Waals surface area contributed by atoms with Crippen molar-refractivity contribution in [2.75, 3.05) is 20.8 Å². The van der Waals surface area contributed by atoms with Crippen molar-refractivity contribution in [2.24, 2.45) is 5.92 Å². The van der Waals surface area contributed by atoms with Gasteiger partial charge in [0.1, 0.15) is 11.5 Å². The van der Waals surface area contributed by atoms with E-state index in [-0.39, 0.29) is 6.04 Å². The molecule has 0 aliphatic rings. The normalized spacial score (nSPS) is 14.3. The smallest absolute Gasteiger partial charge is 0.124 e. The number of aliphatic hydroxyl groups excluding tert-OH is 1. The molecule has 108 valence electrons. The molecule has 0 aliphatic carbocycles. The lowest BCUT2D eigenvalue weighted by molar-refractivity contribution is 0.131. The number of ether oxygens (including phenoxy) is 2. The number of nitrogens with one attached hydrogen (secondary N) is 1. The Bertz CT molecular complexity index is 393. The molecule has 1 rings (SSSR count). The third kappa shape index (κ3) is 4.40. The van der Waals surface area contributed by atoms with Crippen LogP contribution in [0.1, 0.15) is 32.4 Å². The maximum absolute atomic E-state index is 10.4. The van der Waals surface area contributed by atoms with E-state index in [0.717, 1.165) is 12.1 Å². The van der Waals surface area contributed by atoms with Crippen LogP contribution in [0.4, 0.5) is 0 Å². The van der Waals surface area contributed by atoms with Crippen molar-refractivity contribution in [3.05, 3.63) is 23.8 Å². The van der Waals surface area contributed by atoms with Crippen LogP contribution in [0.5, 0.6) is 11.5 Å². The van der Waals surface area contributed by atoms with Crippen LogP contribution in [-0.2, 0) is 0 Å². The molecular formula is C15H25NO3. The molecule has 0 fully saturated rings. The molecule has 0 aromatic heterocycles. The van der Waals surface area contributed by atoms with Crippen LogP contribution in [-0.4, -0.2) is 31.9 Å². The van der Waals surface area contributed by atoms with Crippen molar-refractivity contribution in [1.82, 2.24) is 5.32 Å². The summed E-state index contributed by atoms with van der Waals surface area (Å²) in [5.41, 5.74) is 0.741. The molecule has 0 heterocycles. The van der Waals surface area contributed by atoms with E-state index in [9.17, 15) is 5.11 Å². The van der Waals surface area contributed by atoms with E-state index < -0.39 is 6.10 Å². The topological polar surface area (TPSA) is 50.7 Å². The van der Waals surface area contributed by atoms with Crippen LogP contribution >= 0.6 is 0 Å². The predicted octanol–water partition coefficient (Wildman–Crippen LogP) is 2.37. The van der Waals surface area contributed by atoms with Crippen molar-refractivity contribution < 1.29 is 14.6 Å². The highest BCUT2D eigenvalue weighted by molar-refractivity contribution is 5.42. The second-order valence-electron chi connectivity index (χ2n) is 5.14. The fraction of sp³-hybridized carbons (Fsp3) is 0.600. The minimum atomic E-state index is -0.635. The molecule has 0 saturated heterocycles. The molecule has 0 saturated carbocycles. The average molecular weight is 267 g/mol. The summed E-state index contributed by atoms with van der Waals surface area (Å²) in [4.78, 5) is 0. The number of benzene rings is 1. The van der Waals surface area contributed by atoms with Crippen molar-refractivity contribution in [1.29, 1.82) is 0 Å². The molecular weight excluding hydrogens is 242 g/mol. The van der Waals surface area contributed by atoms with Crippen LogP contribution < -0.4 is 14.8 Å². The zero-order valence-electron chi connectivity index (χ0n) is 12.4. The summed E-state index contributed by atoms with van der Waals surface area (Å²) in [6.45, 7) is 7.10. The second kappa shape index (κ2) is 7.36. The van der Waals surface area contributed by atoms with Gasteiger partial charge in [-0.3, -0.25) is 0 Å². The summed E-state index contributed by atoms with van der Waals surface area (Å²) in [5.74, 6) is 1.93. The third-order valence-electron chi connectivity index (χ3n) is 3.08. The molecule has 0 amide bonds. The van der Waals surface area contributed by atoms with Gasteiger partial charge in [0.05, 0.1) is 20.3 Å². The van der Waals surface area contributed by atoms with Crippen molar-refractivity contribution in [3.63, 3.8) is 0 Å². The Hall–Kier alpha value is -1.26. The number of aliphatic hydroxyl groups is 1. The molecule has 2 N–H and O–H groups in total. The van der Waals surface area contributed by atoms with Gasteiger partial charge >= 0.3 is 0 Å². The van der Waals surface area contributed by atoms with Gasteiger partial charge in [-0.15, -0.1) is 0 Å². The zero-order chi connectivity index (χ0) is 14.4. The molecule has 0 aliphatic heterocycles. The fourth-order valence-electron chi connectivity index (χ4n) is 1.87. The van der Waals surface area contributed by atoms with Gasteiger partial charge in [0, 0.05) is 11.6 Å². The Labute approximate surface area is 115 Å². The van der Waals surface area contributed by atoms with Crippen LogP contribution in [0.2, 0.25) is 0 Å². The molecule has 19 heavy (non-hydrogen) atoms. The molecule has 0 spiro atoms. The van der Waals surface area contributed by atoms with E-state index in [1.165, 1.54) is 0 Å². The largest absolute Gasteiger partial charge is 0.497 e. The third-order valence-corrected chi connectivity index (χ3v) is 3.08. The maximum atomic E-state index is 10.4. The fourth-order valence-corrected chi connectivity index (χ4v) is 1.87. The number of hydrogen-bond donors (Lipinski definition) is 2. The van der Waals surface area contributed by atoms with Gasteiger partial charge in [0.15, 0.2) is 0 Å². The van der Waals surface area contributed by atoms with E-state index in [4.69, 9.17) is 9.47 Å². The molecule has 4 heteroatoms. The minimum Gasteiger partial charge on any atom is -0.497 e. The van der Waals surface area contributed by atoms with E-state index in [2.05, 4.69) is 19.2 Å². The summed E-state index contributed by atoms with van der Waals surface area (Å²) in [7, 11) is 3.21. The quantitative estimate of drug-likeness (QED) is 0.796. The number of hydrogen-bond acceptors (Lipinski definition) is 4. The number of methoxy groups -OCH3 is 2. The molecule has 1 aromatic carbocycles. The summed E-state index contributed by atoms with van der Waals surface area (Å²) in [5, 5.41) is 13.8. The average Bonchev–Trinajstić information content (AvgIpc) is 2.42. The Morgan fingerprint density at radius 3 is 2.37 bits per heavy atom. The maximum Gasteiger partial charge on any atom is 0.124 e. The minimum absolute atomic E-state index is 0.0524. The standard InChI is InChI=1S/C15H25NO3/c1-10(2)9-16-11(3)15(17)13-8-12(18-4)6-7-14(13)19-5/h6-8,10-11,15-17H,9H2,1-5H3. The van der Waals surface area contributed by atoms with Gasteiger partial charge in [-0.05, 0) is 37.6 Å². The highest BCUT2D eigenvalue weighted by Gasteiger charge is 2.20. The molecule has 0 radical (unpaired) electrons. The van der Waals surface area contributed by atoms with E-state index in [0.29, 0.717) is 17.4 Å². The highest BCUT2D eigenvalue weighted by Crippen LogP contribution is 2.30. The number of rotatable bonds is 7.